The predicted octanol–water partition coefficient (Wildman–Crippen LogP) is 5.84. The van der Waals surface area contributed by atoms with Gasteiger partial charge in [0.25, 0.3) is 5.91 Å². The molecule has 0 saturated heterocycles. The van der Waals surface area contributed by atoms with E-state index in [1.54, 1.807) is 6.07 Å². The molecule has 1 heterocycles. The maximum atomic E-state index is 12.5. The third-order valence-electron chi connectivity index (χ3n) is 5.54. The van der Waals surface area contributed by atoms with Gasteiger partial charge in [-0.25, -0.2) is 10.4 Å². The van der Waals surface area contributed by atoms with Crippen LogP contribution in [0.25, 0.3) is 21.8 Å². The van der Waals surface area contributed by atoms with Crippen molar-refractivity contribution in [2.75, 3.05) is 5.75 Å². The number of hydrogen-bond donors (Lipinski definition) is 2. The molecule has 5 aromatic rings. The van der Waals surface area contributed by atoms with E-state index in [1.165, 1.54) is 18.0 Å². The van der Waals surface area contributed by atoms with Crippen molar-refractivity contribution in [2.24, 2.45) is 5.10 Å². The minimum absolute atomic E-state index is 0.104. The Bertz CT molecular complexity index is 1550. The first-order valence-electron chi connectivity index (χ1n) is 10.9. The largest absolute Gasteiger partial charge is 0.507 e. The van der Waals surface area contributed by atoms with Crippen molar-refractivity contribution in [3.05, 3.63) is 101 Å². The number of thioether (sulfide) groups is 1. The van der Waals surface area contributed by atoms with E-state index < -0.39 is 0 Å². The normalized spacial score (nSPS) is 11.5. The molecule has 0 aliphatic carbocycles. The van der Waals surface area contributed by atoms with E-state index in [0.717, 1.165) is 32.5 Å². The molecule has 0 radical (unpaired) electrons. The molecule has 1 aromatic heterocycles. The summed E-state index contributed by atoms with van der Waals surface area (Å²) in [5, 5.41) is 17.6. The number of nitrogens with one attached hydrogen (secondary N) is 1. The monoisotopic (exact) mass is 500 g/mol. The van der Waals surface area contributed by atoms with Gasteiger partial charge in [0.15, 0.2) is 5.16 Å². The Morgan fingerprint density at radius 2 is 1.80 bits per heavy atom. The van der Waals surface area contributed by atoms with Gasteiger partial charge >= 0.3 is 0 Å². The van der Waals surface area contributed by atoms with Gasteiger partial charge in [0.1, 0.15) is 5.75 Å². The average molecular weight is 501 g/mol. The molecule has 0 aliphatic heterocycles. The molecule has 8 heteroatoms. The SMILES string of the molecule is O=C(CSc1nc2ccccc2n1Cc1ccc(Cl)cc1)N/N=C/c1c(O)ccc2ccccc12. The number of phenolic OH excluding ortho intramolecular Hbond substituents is 1. The average Bonchev–Trinajstić information content (AvgIpc) is 3.22. The molecule has 0 fully saturated rings. The van der Waals surface area contributed by atoms with Gasteiger partial charge < -0.3 is 9.67 Å². The topological polar surface area (TPSA) is 79.5 Å². The fraction of sp³-hybridized carbons (Fsp3) is 0.0741. The lowest BCUT2D eigenvalue weighted by Crippen LogP contribution is -2.20. The molecule has 0 unspecified atom stereocenters. The van der Waals surface area contributed by atoms with Crippen molar-refractivity contribution in [2.45, 2.75) is 11.7 Å². The van der Waals surface area contributed by atoms with E-state index in [1.807, 2.05) is 78.9 Å². The standard InChI is InChI=1S/C27H21ClN4O2S/c28-20-12-9-18(10-13-20)16-32-24-8-4-3-7-23(24)30-27(32)35-17-26(34)31-29-15-22-21-6-2-1-5-19(21)11-14-25(22)33/h1-15,33H,16-17H2,(H,31,34)/b29-15+. The summed E-state index contributed by atoms with van der Waals surface area (Å²) in [5.74, 6) is -0.0222. The molecule has 6 nitrogen and oxygen atoms in total. The third-order valence-corrected chi connectivity index (χ3v) is 6.76. The Labute approximate surface area is 211 Å². The summed E-state index contributed by atoms with van der Waals surface area (Å²) < 4.78 is 2.09. The van der Waals surface area contributed by atoms with Crippen LogP contribution < -0.4 is 5.43 Å². The second-order valence-electron chi connectivity index (χ2n) is 7.90. The molecular formula is C27H21ClN4O2S. The van der Waals surface area contributed by atoms with E-state index in [4.69, 9.17) is 16.6 Å². The maximum Gasteiger partial charge on any atom is 0.250 e. The third kappa shape index (κ3) is 5.16. The number of nitrogens with zero attached hydrogens (tertiary/aromatic N) is 3. The Morgan fingerprint density at radius 1 is 1.03 bits per heavy atom. The number of fused-ring (bicyclic) bond motifs is 2. The number of hydrogen-bond acceptors (Lipinski definition) is 5. The van der Waals surface area contributed by atoms with Crippen molar-refractivity contribution < 1.29 is 9.90 Å². The van der Waals surface area contributed by atoms with Crippen LogP contribution in [0.4, 0.5) is 0 Å². The quantitative estimate of drug-likeness (QED) is 0.167. The molecule has 35 heavy (non-hydrogen) atoms. The van der Waals surface area contributed by atoms with Gasteiger partial charge in [-0.05, 0) is 46.7 Å². The highest BCUT2D eigenvalue weighted by molar-refractivity contribution is 7.99. The molecule has 0 bridgehead atoms. The van der Waals surface area contributed by atoms with Gasteiger partial charge in [0, 0.05) is 10.6 Å². The Hall–Kier alpha value is -3.81. The number of aromatic hydroxyl groups is 1. The fourth-order valence-electron chi connectivity index (χ4n) is 3.84. The highest BCUT2D eigenvalue weighted by Gasteiger charge is 2.13. The van der Waals surface area contributed by atoms with Gasteiger partial charge in [0.2, 0.25) is 0 Å². The molecule has 4 aromatic carbocycles. The van der Waals surface area contributed by atoms with E-state index in [9.17, 15) is 9.90 Å². The van der Waals surface area contributed by atoms with E-state index in [-0.39, 0.29) is 17.4 Å². The van der Waals surface area contributed by atoms with Crippen LogP contribution in [-0.2, 0) is 11.3 Å². The lowest BCUT2D eigenvalue weighted by atomic mass is 10.0. The molecule has 174 valence electrons. The number of amides is 1. The van der Waals surface area contributed by atoms with E-state index >= 15 is 0 Å². The van der Waals surface area contributed by atoms with Crippen LogP contribution >= 0.6 is 23.4 Å². The minimum Gasteiger partial charge on any atom is -0.507 e. The van der Waals surface area contributed by atoms with Crippen molar-refractivity contribution >= 4 is 57.3 Å². The summed E-state index contributed by atoms with van der Waals surface area (Å²) in [6.07, 6.45) is 1.47. The second-order valence-corrected chi connectivity index (χ2v) is 9.28. The van der Waals surface area contributed by atoms with E-state index in [0.29, 0.717) is 17.1 Å². The molecule has 1 amide bonds. The number of rotatable bonds is 7. The molecule has 0 atom stereocenters. The summed E-state index contributed by atoms with van der Waals surface area (Å²) >= 11 is 7.38. The Morgan fingerprint density at radius 3 is 2.66 bits per heavy atom. The molecule has 0 aliphatic rings. The van der Waals surface area contributed by atoms with Gasteiger partial charge in [0.05, 0.1) is 29.5 Å². The predicted molar refractivity (Wildman–Crippen MR) is 142 cm³/mol. The Balaban J connectivity index is 1.29. The van der Waals surface area contributed by atoms with Crippen LogP contribution in [-0.4, -0.2) is 32.5 Å². The van der Waals surface area contributed by atoms with Gasteiger partial charge in [-0.2, -0.15) is 5.10 Å². The van der Waals surface area contributed by atoms with Crippen LogP contribution in [0.15, 0.2) is 95.2 Å². The molecule has 0 spiro atoms. The van der Waals surface area contributed by atoms with Crippen LogP contribution in [0.5, 0.6) is 5.75 Å². The van der Waals surface area contributed by atoms with Gasteiger partial charge in [-0.1, -0.05) is 78.0 Å². The number of carbonyl (C=O) groups is 1. The van der Waals surface area contributed by atoms with Crippen LogP contribution in [0.2, 0.25) is 5.02 Å². The lowest BCUT2D eigenvalue weighted by molar-refractivity contribution is -0.118. The molecule has 2 N–H and O–H groups in total. The minimum atomic E-state index is -0.268. The first-order valence-corrected chi connectivity index (χ1v) is 12.3. The van der Waals surface area contributed by atoms with Crippen LogP contribution in [0.3, 0.4) is 0 Å². The van der Waals surface area contributed by atoms with Crippen molar-refractivity contribution in [1.82, 2.24) is 15.0 Å². The second kappa shape index (κ2) is 10.2. The number of para-hydroxylation sites is 2. The highest BCUT2D eigenvalue weighted by atomic mass is 35.5. The van der Waals surface area contributed by atoms with E-state index in [2.05, 4.69) is 15.1 Å². The number of phenols is 1. The summed E-state index contributed by atoms with van der Waals surface area (Å²) in [6.45, 7) is 0.611. The zero-order valence-electron chi connectivity index (χ0n) is 18.6. The van der Waals surface area contributed by atoms with Crippen molar-refractivity contribution in [1.29, 1.82) is 0 Å². The van der Waals surface area contributed by atoms with Gasteiger partial charge in [-0.3, -0.25) is 4.79 Å². The number of aromatic nitrogens is 2. The number of benzene rings is 4. The fourth-order valence-corrected chi connectivity index (χ4v) is 4.77. The molecule has 5 rings (SSSR count). The highest BCUT2D eigenvalue weighted by Crippen LogP contribution is 2.27. The number of halogens is 1. The number of hydrazone groups is 1. The molecule has 0 saturated carbocycles. The number of carbonyl (C=O) groups excluding carboxylic acids is 1. The first kappa shape index (κ1) is 23.0. The summed E-state index contributed by atoms with van der Waals surface area (Å²) in [7, 11) is 0. The zero-order chi connectivity index (χ0) is 24.2. The lowest BCUT2D eigenvalue weighted by Gasteiger charge is -2.09. The van der Waals surface area contributed by atoms with Gasteiger partial charge in [-0.15, -0.1) is 0 Å². The number of imidazole rings is 1. The summed E-state index contributed by atoms with van der Waals surface area (Å²) in [4.78, 5) is 17.2. The Kier molecular flexibility index (Phi) is 6.70. The summed E-state index contributed by atoms with van der Waals surface area (Å²) in [5.41, 5.74) is 6.06. The van der Waals surface area contributed by atoms with Crippen molar-refractivity contribution in [3.63, 3.8) is 0 Å². The smallest absolute Gasteiger partial charge is 0.250 e. The van der Waals surface area contributed by atoms with Crippen LogP contribution in [0, 0.1) is 0 Å². The van der Waals surface area contributed by atoms with Crippen molar-refractivity contribution in [3.8, 4) is 5.75 Å². The maximum absolute atomic E-state index is 12.5. The molecular weight excluding hydrogens is 480 g/mol. The summed E-state index contributed by atoms with van der Waals surface area (Å²) in [6, 6.07) is 26.7. The zero-order valence-corrected chi connectivity index (χ0v) is 20.1. The first-order chi connectivity index (χ1) is 17.1. The van der Waals surface area contributed by atoms with Crippen LogP contribution in [0.1, 0.15) is 11.1 Å².